The van der Waals surface area contributed by atoms with Crippen molar-refractivity contribution in [3.63, 3.8) is 0 Å². The van der Waals surface area contributed by atoms with Gasteiger partial charge >= 0.3 is 0 Å². The largest absolute Gasteiger partial charge is 0.450 e. The Morgan fingerprint density at radius 1 is 1.13 bits per heavy atom. The highest BCUT2D eigenvalue weighted by Crippen LogP contribution is 2.33. The standard InChI is InChI=1S/C20H16ClN5O2S2/c21-12-3-6-14(7-4-12)29-16-8-5-13(28-16)11-15-17(22)26-19(23-18(15)27)30-20(24-26)25-9-1-2-10-25/h3-8,11,22H,1-2,9-10H2/b15-11-,22-17?. The van der Waals surface area contributed by atoms with Gasteiger partial charge in [0.15, 0.2) is 16.1 Å². The zero-order valence-corrected chi connectivity index (χ0v) is 18.1. The fraction of sp³-hybridized carbons (Fsp3) is 0.200. The van der Waals surface area contributed by atoms with Gasteiger partial charge in [-0.1, -0.05) is 23.4 Å². The van der Waals surface area contributed by atoms with Gasteiger partial charge in [-0.15, -0.1) is 5.10 Å². The summed E-state index contributed by atoms with van der Waals surface area (Å²) in [6.45, 7) is 1.88. The molecule has 152 valence electrons. The van der Waals surface area contributed by atoms with Gasteiger partial charge in [0, 0.05) is 23.0 Å². The van der Waals surface area contributed by atoms with Gasteiger partial charge in [0.25, 0.3) is 5.91 Å². The van der Waals surface area contributed by atoms with Crippen LogP contribution in [-0.4, -0.2) is 45.1 Å². The van der Waals surface area contributed by atoms with Crippen molar-refractivity contribution in [1.82, 2.24) is 9.91 Å². The van der Waals surface area contributed by atoms with E-state index in [1.165, 1.54) is 28.5 Å². The number of likely N-dealkylation sites (tertiary alicyclic amines) is 1. The minimum absolute atomic E-state index is 0.00926. The number of hydrazone groups is 1. The van der Waals surface area contributed by atoms with Crippen molar-refractivity contribution in [3.8, 4) is 0 Å². The Labute approximate surface area is 186 Å². The first-order valence-electron chi connectivity index (χ1n) is 9.35. The van der Waals surface area contributed by atoms with Crippen LogP contribution < -0.4 is 0 Å². The highest BCUT2D eigenvalue weighted by Gasteiger charge is 2.37. The van der Waals surface area contributed by atoms with Crippen molar-refractivity contribution >= 4 is 63.3 Å². The van der Waals surface area contributed by atoms with Crippen LogP contribution in [0.1, 0.15) is 18.6 Å². The van der Waals surface area contributed by atoms with E-state index in [0.29, 0.717) is 21.0 Å². The molecule has 3 aliphatic heterocycles. The molecule has 1 aromatic heterocycles. The third-order valence-corrected chi connectivity index (χ3v) is 6.89. The zero-order valence-electron chi connectivity index (χ0n) is 15.7. The van der Waals surface area contributed by atoms with Gasteiger partial charge in [0.1, 0.15) is 5.76 Å². The highest BCUT2D eigenvalue weighted by atomic mass is 35.5. The smallest absolute Gasteiger partial charge is 0.283 e. The van der Waals surface area contributed by atoms with Crippen molar-refractivity contribution < 1.29 is 9.21 Å². The number of carbonyl (C=O) groups excluding carboxylic acids is 1. The molecule has 2 aromatic rings. The summed E-state index contributed by atoms with van der Waals surface area (Å²) in [5.41, 5.74) is 0.156. The molecule has 1 N–H and O–H groups in total. The van der Waals surface area contributed by atoms with E-state index in [9.17, 15) is 4.79 Å². The molecule has 0 bridgehead atoms. The number of amidine groups is 3. The number of amides is 1. The van der Waals surface area contributed by atoms with E-state index >= 15 is 0 Å². The minimum atomic E-state index is -0.458. The van der Waals surface area contributed by atoms with Crippen LogP contribution in [0.15, 0.2) is 66.5 Å². The summed E-state index contributed by atoms with van der Waals surface area (Å²) in [5.74, 6) is 0.0312. The Bertz CT molecular complexity index is 1120. The number of hydrogen-bond acceptors (Lipinski definition) is 7. The molecule has 1 fully saturated rings. The minimum Gasteiger partial charge on any atom is -0.450 e. The lowest BCUT2D eigenvalue weighted by atomic mass is 10.1. The van der Waals surface area contributed by atoms with Crippen molar-refractivity contribution in [3.05, 3.63) is 52.8 Å². The van der Waals surface area contributed by atoms with Gasteiger partial charge in [0.05, 0.1) is 5.57 Å². The fourth-order valence-corrected chi connectivity index (χ4v) is 5.10. The molecule has 7 nitrogen and oxygen atoms in total. The molecule has 0 unspecified atom stereocenters. The summed E-state index contributed by atoms with van der Waals surface area (Å²) in [6.07, 6.45) is 3.80. The molecule has 4 heterocycles. The lowest BCUT2D eigenvalue weighted by Gasteiger charge is -2.19. The van der Waals surface area contributed by atoms with Gasteiger partial charge in [-0.05, 0) is 67.1 Å². The third-order valence-electron chi connectivity index (χ3n) is 4.74. The molecule has 1 aromatic carbocycles. The molecule has 3 aliphatic rings. The van der Waals surface area contributed by atoms with E-state index in [0.717, 1.165) is 36.0 Å². The molecule has 0 radical (unpaired) electrons. The van der Waals surface area contributed by atoms with E-state index in [2.05, 4.69) is 15.0 Å². The second kappa shape index (κ2) is 7.98. The Balaban J connectivity index is 1.36. The van der Waals surface area contributed by atoms with E-state index < -0.39 is 5.91 Å². The second-order valence-electron chi connectivity index (χ2n) is 6.81. The maximum Gasteiger partial charge on any atom is 0.283 e. The summed E-state index contributed by atoms with van der Waals surface area (Å²) < 4.78 is 5.82. The maximum absolute atomic E-state index is 12.5. The predicted octanol–water partition coefficient (Wildman–Crippen LogP) is 4.76. The number of halogens is 1. The lowest BCUT2D eigenvalue weighted by Crippen LogP contribution is -2.35. The maximum atomic E-state index is 12.5. The van der Waals surface area contributed by atoms with Gasteiger partial charge in [-0.25, -0.2) is 0 Å². The van der Waals surface area contributed by atoms with Crippen molar-refractivity contribution in [2.45, 2.75) is 22.8 Å². The van der Waals surface area contributed by atoms with Gasteiger partial charge < -0.3 is 9.32 Å². The Morgan fingerprint density at radius 3 is 2.67 bits per heavy atom. The number of thioether (sulfide) groups is 1. The number of fused-ring (bicyclic) bond motifs is 1. The van der Waals surface area contributed by atoms with Crippen molar-refractivity contribution in [1.29, 1.82) is 5.41 Å². The van der Waals surface area contributed by atoms with E-state index in [1.54, 1.807) is 12.1 Å². The number of aliphatic imine (C=N–C) groups is 1. The number of rotatable bonds is 3. The van der Waals surface area contributed by atoms with Crippen molar-refractivity contribution in [2.75, 3.05) is 13.1 Å². The average Bonchev–Trinajstić information content (AvgIpc) is 3.47. The molecule has 30 heavy (non-hydrogen) atoms. The van der Waals surface area contributed by atoms with Crippen LogP contribution in [0, 0.1) is 5.41 Å². The van der Waals surface area contributed by atoms with Gasteiger partial charge in [0.2, 0.25) is 5.17 Å². The quantitative estimate of drug-likeness (QED) is 0.669. The summed E-state index contributed by atoms with van der Waals surface area (Å²) >= 11 is 8.71. The Morgan fingerprint density at radius 2 is 1.90 bits per heavy atom. The molecule has 0 saturated carbocycles. The molecule has 0 aliphatic carbocycles. The SMILES string of the molecule is N=C1/C(=C/c2ccc(Sc3ccc(Cl)cc3)o2)C(=O)N=C2SC(N3CCCC3)=NN12. The van der Waals surface area contributed by atoms with Crippen LogP contribution in [0.5, 0.6) is 0 Å². The first kappa shape index (κ1) is 19.5. The number of nitrogens with one attached hydrogen (secondary N) is 1. The molecule has 0 atom stereocenters. The second-order valence-corrected chi connectivity index (χ2v) is 9.26. The fourth-order valence-electron chi connectivity index (χ4n) is 3.25. The number of nitrogens with zero attached hydrogens (tertiary/aromatic N) is 4. The van der Waals surface area contributed by atoms with Crippen LogP contribution in [0.3, 0.4) is 0 Å². The molecular formula is C20H16ClN5O2S2. The van der Waals surface area contributed by atoms with E-state index in [1.807, 2.05) is 30.3 Å². The molecule has 10 heteroatoms. The van der Waals surface area contributed by atoms with Crippen LogP contribution in [0.2, 0.25) is 5.02 Å². The predicted molar refractivity (Wildman–Crippen MR) is 120 cm³/mol. The van der Waals surface area contributed by atoms with Gasteiger partial charge in [-0.2, -0.15) is 10.0 Å². The van der Waals surface area contributed by atoms with Crippen LogP contribution in [0.4, 0.5) is 0 Å². The monoisotopic (exact) mass is 457 g/mol. The number of carbonyl (C=O) groups is 1. The number of benzene rings is 1. The van der Waals surface area contributed by atoms with Gasteiger partial charge in [-0.3, -0.25) is 10.2 Å². The molecule has 1 saturated heterocycles. The summed E-state index contributed by atoms with van der Waals surface area (Å²) in [5, 5.41) is 17.0. The van der Waals surface area contributed by atoms with Crippen LogP contribution >= 0.6 is 35.1 Å². The van der Waals surface area contributed by atoms with Crippen LogP contribution in [-0.2, 0) is 4.79 Å². The van der Waals surface area contributed by atoms with E-state index in [4.69, 9.17) is 21.4 Å². The first-order valence-corrected chi connectivity index (χ1v) is 11.4. The first-order chi connectivity index (χ1) is 14.6. The third kappa shape index (κ3) is 3.80. The Kier molecular flexibility index (Phi) is 5.18. The molecule has 0 spiro atoms. The normalized spacial score (nSPS) is 20.1. The van der Waals surface area contributed by atoms with Crippen molar-refractivity contribution in [2.24, 2.45) is 10.1 Å². The number of furan rings is 1. The zero-order chi connectivity index (χ0) is 20.7. The highest BCUT2D eigenvalue weighted by molar-refractivity contribution is 8.26. The average molecular weight is 458 g/mol. The molecule has 5 rings (SSSR count). The summed E-state index contributed by atoms with van der Waals surface area (Å²) in [4.78, 5) is 19.8. The lowest BCUT2D eigenvalue weighted by molar-refractivity contribution is -0.114. The number of hydrogen-bond donors (Lipinski definition) is 1. The summed E-state index contributed by atoms with van der Waals surface area (Å²) in [7, 11) is 0. The summed E-state index contributed by atoms with van der Waals surface area (Å²) in [6, 6.07) is 11.0. The Hall–Kier alpha value is -2.49. The topological polar surface area (TPSA) is 85.3 Å². The molecular weight excluding hydrogens is 442 g/mol. The van der Waals surface area contributed by atoms with E-state index in [-0.39, 0.29) is 11.4 Å². The van der Waals surface area contributed by atoms with Crippen LogP contribution in [0.25, 0.3) is 6.08 Å². The molecule has 1 amide bonds.